The molecular formula is C12H15FN2O3. The van der Waals surface area contributed by atoms with Gasteiger partial charge in [-0.3, -0.25) is 0 Å². The molecule has 1 rings (SSSR count). The fraction of sp³-hybridized carbons (Fsp3) is 0.333. The van der Waals surface area contributed by atoms with Gasteiger partial charge in [-0.15, -0.1) is 0 Å². The van der Waals surface area contributed by atoms with Gasteiger partial charge in [0, 0.05) is 7.05 Å². The SMILES string of the molecule is Cc1ccc(NC(=O)N(C)C(C)C(=O)O)c(F)c1. The molecule has 1 unspecified atom stereocenters. The molecule has 0 aromatic heterocycles. The fourth-order valence-corrected chi connectivity index (χ4v) is 1.27. The third kappa shape index (κ3) is 3.19. The Morgan fingerprint density at radius 2 is 2.06 bits per heavy atom. The Morgan fingerprint density at radius 1 is 1.44 bits per heavy atom. The van der Waals surface area contributed by atoms with E-state index in [9.17, 15) is 14.0 Å². The average molecular weight is 254 g/mol. The van der Waals surface area contributed by atoms with Crippen LogP contribution in [0.15, 0.2) is 18.2 Å². The molecule has 0 fully saturated rings. The summed E-state index contributed by atoms with van der Waals surface area (Å²) >= 11 is 0. The molecule has 0 spiro atoms. The predicted octanol–water partition coefficient (Wildman–Crippen LogP) is 2.07. The van der Waals surface area contributed by atoms with Gasteiger partial charge in [0.25, 0.3) is 0 Å². The number of rotatable bonds is 3. The van der Waals surface area contributed by atoms with E-state index in [0.29, 0.717) is 0 Å². The quantitative estimate of drug-likeness (QED) is 0.867. The van der Waals surface area contributed by atoms with Gasteiger partial charge in [0.15, 0.2) is 0 Å². The lowest BCUT2D eigenvalue weighted by Gasteiger charge is -2.22. The summed E-state index contributed by atoms with van der Waals surface area (Å²) in [5.74, 6) is -1.68. The van der Waals surface area contributed by atoms with Crippen molar-refractivity contribution in [3.8, 4) is 0 Å². The number of nitrogens with zero attached hydrogens (tertiary/aromatic N) is 1. The van der Waals surface area contributed by atoms with Crippen molar-refractivity contribution in [1.82, 2.24) is 4.90 Å². The molecular weight excluding hydrogens is 239 g/mol. The zero-order chi connectivity index (χ0) is 13.9. The van der Waals surface area contributed by atoms with Crippen LogP contribution < -0.4 is 5.32 Å². The summed E-state index contributed by atoms with van der Waals surface area (Å²) in [4.78, 5) is 23.4. The van der Waals surface area contributed by atoms with Crippen molar-refractivity contribution in [1.29, 1.82) is 0 Å². The lowest BCUT2D eigenvalue weighted by Crippen LogP contribution is -2.42. The van der Waals surface area contributed by atoms with Gasteiger partial charge in [-0.1, -0.05) is 6.07 Å². The highest BCUT2D eigenvalue weighted by molar-refractivity contribution is 5.92. The number of likely N-dealkylation sites (N-methyl/N-ethyl adjacent to an activating group) is 1. The van der Waals surface area contributed by atoms with E-state index in [1.165, 1.54) is 26.1 Å². The lowest BCUT2D eigenvalue weighted by atomic mass is 10.2. The topological polar surface area (TPSA) is 69.6 Å². The summed E-state index contributed by atoms with van der Waals surface area (Å²) in [6, 6.07) is 2.71. The Balaban J connectivity index is 2.78. The van der Waals surface area contributed by atoms with Gasteiger partial charge in [0.05, 0.1) is 5.69 Å². The number of hydrogen-bond acceptors (Lipinski definition) is 2. The smallest absolute Gasteiger partial charge is 0.326 e. The molecule has 5 nitrogen and oxygen atoms in total. The fourth-order valence-electron chi connectivity index (χ4n) is 1.27. The van der Waals surface area contributed by atoms with Gasteiger partial charge in [0.1, 0.15) is 11.9 Å². The number of carboxylic acid groups (broad SMARTS) is 1. The van der Waals surface area contributed by atoms with Crippen LogP contribution in [-0.2, 0) is 4.79 Å². The van der Waals surface area contributed by atoms with Gasteiger partial charge in [-0.2, -0.15) is 0 Å². The number of carbonyl (C=O) groups is 2. The second kappa shape index (κ2) is 5.48. The first-order valence-corrected chi connectivity index (χ1v) is 5.35. The molecule has 98 valence electrons. The molecule has 0 aliphatic rings. The van der Waals surface area contributed by atoms with Gasteiger partial charge in [-0.25, -0.2) is 14.0 Å². The minimum Gasteiger partial charge on any atom is -0.480 e. The predicted molar refractivity (Wildman–Crippen MR) is 65.0 cm³/mol. The lowest BCUT2D eigenvalue weighted by molar-refractivity contribution is -0.141. The van der Waals surface area contributed by atoms with Crippen molar-refractivity contribution in [3.05, 3.63) is 29.6 Å². The molecule has 0 radical (unpaired) electrons. The van der Waals surface area contributed by atoms with Crippen LogP contribution in [0.4, 0.5) is 14.9 Å². The number of aliphatic carboxylic acids is 1. The molecule has 0 saturated carbocycles. The second-order valence-corrected chi connectivity index (χ2v) is 4.04. The number of benzene rings is 1. The second-order valence-electron chi connectivity index (χ2n) is 4.04. The van der Waals surface area contributed by atoms with Gasteiger partial charge >= 0.3 is 12.0 Å². The highest BCUT2D eigenvalue weighted by atomic mass is 19.1. The molecule has 6 heteroatoms. The molecule has 1 atom stereocenters. The molecule has 2 amide bonds. The number of hydrogen-bond donors (Lipinski definition) is 2. The van der Waals surface area contributed by atoms with E-state index < -0.39 is 23.9 Å². The third-order valence-electron chi connectivity index (χ3n) is 2.62. The normalized spacial score (nSPS) is 11.8. The molecule has 0 heterocycles. The highest BCUT2D eigenvalue weighted by Gasteiger charge is 2.22. The van der Waals surface area contributed by atoms with Crippen molar-refractivity contribution < 1.29 is 19.1 Å². The van der Waals surface area contributed by atoms with E-state index >= 15 is 0 Å². The summed E-state index contributed by atoms with van der Waals surface area (Å²) in [7, 11) is 1.33. The van der Waals surface area contributed by atoms with Crippen molar-refractivity contribution in [3.63, 3.8) is 0 Å². The Labute approximate surface area is 104 Å². The number of amides is 2. The first-order valence-electron chi connectivity index (χ1n) is 5.35. The summed E-state index contributed by atoms with van der Waals surface area (Å²) in [6.45, 7) is 3.10. The summed E-state index contributed by atoms with van der Waals surface area (Å²) < 4.78 is 13.5. The van der Waals surface area contributed by atoms with Crippen LogP contribution in [0.25, 0.3) is 0 Å². The van der Waals surface area contributed by atoms with Gasteiger partial charge < -0.3 is 15.3 Å². The van der Waals surface area contributed by atoms with E-state index in [4.69, 9.17) is 5.11 Å². The van der Waals surface area contributed by atoms with Crippen LogP contribution in [0.1, 0.15) is 12.5 Å². The monoisotopic (exact) mass is 254 g/mol. The van der Waals surface area contributed by atoms with Crippen molar-refractivity contribution in [2.24, 2.45) is 0 Å². The van der Waals surface area contributed by atoms with Crippen LogP contribution in [-0.4, -0.2) is 35.1 Å². The molecule has 1 aromatic rings. The van der Waals surface area contributed by atoms with Crippen LogP contribution >= 0.6 is 0 Å². The van der Waals surface area contributed by atoms with Crippen LogP contribution in [0.2, 0.25) is 0 Å². The number of anilines is 1. The van der Waals surface area contributed by atoms with E-state index in [2.05, 4.69) is 5.32 Å². The Bertz CT molecular complexity index is 476. The molecule has 0 aliphatic carbocycles. The molecule has 0 aliphatic heterocycles. The van der Waals surface area contributed by atoms with Crippen molar-refractivity contribution in [2.45, 2.75) is 19.9 Å². The highest BCUT2D eigenvalue weighted by Crippen LogP contribution is 2.16. The summed E-state index contributed by atoms with van der Waals surface area (Å²) in [6.07, 6.45) is 0. The minimum atomic E-state index is -1.13. The van der Waals surface area contributed by atoms with E-state index in [1.807, 2.05) is 0 Å². The number of halogens is 1. The van der Waals surface area contributed by atoms with Crippen molar-refractivity contribution in [2.75, 3.05) is 12.4 Å². The largest absolute Gasteiger partial charge is 0.480 e. The average Bonchev–Trinajstić information content (AvgIpc) is 2.30. The maximum Gasteiger partial charge on any atom is 0.326 e. The van der Waals surface area contributed by atoms with Crippen molar-refractivity contribution >= 4 is 17.7 Å². The maximum absolute atomic E-state index is 13.5. The standard InChI is InChI=1S/C12H15FN2O3/c1-7-4-5-10(9(13)6-7)14-12(18)15(3)8(2)11(16)17/h4-6,8H,1-3H3,(H,14,18)(H,16,17). The number of urea groups is 1. The van der Waals surface area contributed by atoms with Crippen LogP contribution in [0, 0.1) is 12.7 Å². The Kier molecular flexibility index (Phi) is 4.25. The van der Waals surface area contributed by atoms with E-state index in [-0.39, 0.29) is 5.69 Å². The number of carbonyl (C=O) groups excluding carboxylic acids is 1. The van der Waals surface area contributed by atoms with Crippen LogP contribution in [0.5, 0.6) is 0 Å². The number of nitrogens with one attached hydrogen (secondary N) is 1. The molecule has 0 saturated heterocycles. The molecule has 0 bridgehead atoms. The Hall–Kier alpha value is -2.11. The van der Waals surface area contributed by atoms with Gasteiger partial charge in [0.2, 0.25) is 0 Å². The maximum atomic E-state index is 13.5. The summed E-state index contributed by atoms with van der Waals surface area (Å²) in [5, 5.41) is 11.1. The molecule has 18 heavy (non-hydrogen) atoms. The molecule has 1 aromatic carbocycles. The first-order chi connectivity index (χ1) is 8.32. The Morgan fingerprint density at radius 3 is 2.56 bits per heavy atom. The number of aryl methyl sites for hydroxylation is 1. The first kappa shape index (κ1) is 14.0. The molecule has 2 N–H and O–H groups in total. The minimum absolute atomic E-state index is 0.0232. The van der Waals surface area contributed by atoms with Gasteiger partial charge in [-0.05, 0) is 31.5 Å². The van der Waals surface area contributed by atoms with Crippen LogP contribution in [0.3, 0.4) is 0 Å². The summed E-state index contributed by atoms with van der Waals surface area (Å²) in [5.41, 5.74) is 0.757. The zero-order valence-electron chi connectivity index (χ0n) is 10.4. The number of carboxylic acids is 1. The third-order valence-corrected chi connectivity index (χ3v) is 2.62. The van der Waals surface area contributed by atoms with E-state index in [0.717, 1.165) is 10.5 Å². The zero-order valence-corrected chi connectivity index (χ0v) is 10.4. The van der Waals surface area contributed by atoms with E-state index in [1.54, 1.807) is 13.0 Å².